The average Bonchev–Trinajstić information content (AvgIpc) is 2.40. The summed E-state index contributed by atoms with van der Waals surface area (Å²) in [6.45, 7) is 3.77. The molecule has 0 aliphatic rings. The molecule has 0 radical (unpaired) electrons. The molecule has 0 fully saturated rings. The predicted octanol–water partition coefficient (Wildman–Crippen LogP) is 3.60. The van der Waals surface area contributed by atoms with E-state index in [4.69, 9.17) is 4.74 Å². The zero-order chi connectivity index (χ0) is 12.8. The second kappa shape index (κ2) is 5.82. The fourth-order valence-electron chi connectivity index (χ4n) is 1.62. The second-order valence-electron chi connectivity index (χ2n) is 3.96. The molecular formula is C16H14O2. The van der Waals surface area contributed by atoms with Gasteiger partial charge in [0.05, 0.1) is 5.56 Å². The first kappa shape index (κ1) is 12.1. The van der Waals surface area contributed by atoms with E-state index in [9.17, 15) is 4.79 Å². The Morgan fingerprint density at radius 1 is 0.944 bits per heavy atom. The molecule has 0 N–H and O–H groups in total. The number of ether oxygens (including phenoxy) is 1. The van der Waals surface area contributed by atoms with Crippen LogP contribution in [0.5, 0.6) is 0 Å². The van der Waals surface area contributed by atoms with Gasteiger partial charge < -0.3 is 4.74 Å². The number of rotatable bonds is 4. The molecular weight excluding hydrogens is 224 g/mol. The molecule has 2 nitrogen and oxygen atoms in total. The van der Waals surface area contributed by atoms with Crippen molar-refractivity contribution in [2.24, 2.45) is 0 Å². The monoisotopic (exact) mass is 238 g/mol. The molecule has 0 aliphatic heterocycles. The summed E-state index contributed by atoms with van der Waals surface area (Å²) in [5, 5.41) is 0. The van der Waals surface area contributed by atoms with Crippen LogP contribution in [-0.4, -0.2) is 5.97 Å². The van der Waals surface area contributed by atoms with Crippen LogP contribution in [0.25, 0.3) is 0 Å². The third-order valence-corrected chi connectivity index (χ3v) is 2.49. The fraction of sp³-hybridized carbons (Fsp3) is 0.0625. The summed E-state index contributed by atoms with van der Waals surface area (Å²) in [5.41, 5.74) is 1.61. The summed E-state index contributed by atoms with van der Waals surface area (Å²) in [7, 11) is 0. The molecule has 2 aromatic rings. The molecule has 90 valence electrons. The van der Waals surface area contributed by atoms with Crippen molar-refractivity contribution in [2.45, 2.75) is 6.42 Å². The molecule has 0 aliphatic carbocycles. The molecule has 0 heterocycles. The fourth-order valence-corrected chi connectivity index (χ4v) is 1.62. The van der Waals surface area contributed by atoms with Crippen molar-refractivity contribution in [2.75, 3.05) is 0 Å². The van der Waals surface area contributed by atoms with Gasteiger partial charge in [-0.1, -0.05) is 55.1 Å². The van der Waals surface area contributed by atoms with E-state index in [0.717, 1.165) is 5.56 Å². The van der Waals surface area contributed by atoms with Gasteiger partial charge in [-0.2, -0.15) is 0 Å². The first-order chi connectivity index (χ1) is 8.75. The summed E-state index contributed by atoms with van der Waals surface area (Å²) in [4.78, 5) is 11.8. The van der Waals surface area contributed by atoms with Crippen LogP contribution in [0.15, 0.2) is 73.0 Å². The van der Waals surface area contributed by atoms with Crippen LogP contribution in [0.4, 0.5) is 0 Å². The Morgan fingerprint density at radius 3 is 2.11 bits per heavy atom. The Labute approximate surface area is 107 Å². The molecule has 2 aromatic carbocycles. The van der Waals surface area contributed by atoms with Crippen LogP contribution < -0.4 is 0 Å². The lowest BCUT2D eigenvalue weighted by Crippen LogP contribution is -2.05. The summed E-state index contributed by atoms with van der Waals surface area (Å²) >= 11 is 0. The van der Waals surface area contributed by atoms with Crippen molar-refractivity contribution in [1.29, 1.82) is 0 Å². The van der Waals surface area contributed by atoms with Gasteiger partial charge >= 0.3 is 5.97 Å². The molecule has 0 bridgehead atoms. The maximum Gasteiger partial charge on any atom is 0.343 e. The Kier molecular flexibility index (Phi) is 3.92. The zero-order valence-electron chi connectivity index (χ0n) is 10.0. The van der Waals surface area contributed by atoms with Crippen molar-refractivity contribution < 1.29 is 9.53 Å². The van der Waals surface area contributed by atoms with E-state index in [1.165, 1.54) is 0 Å². The van der Waals surface area contributed by atoms with E-state index in [0.29, 0.717) is 17.7 Å². The Balaban J connectivity index is 1.94. The molecule has 0 amide bonds. The summed E-state index contributed by atoms with van der Waals surface area (Å²) in [6.07, 6.45) is 0.541. The van der Waals surface area contributed by atoms with E-state index in [1.54, 1.807) is 24.3 Å². The van der Waals surface area contributed by atoms with Gasteiger partial charge in [0.25, 0.3) is 0 Å². The molecule has 0 saturated heterocycles. The average molecular weight is 238 g/mol. The molecule has 0 atom stereocenters. The van der Waals surface area contributed by atoms with Gasteiger partial charge in [-0.15, -0.1) is 0 Å². The number of carbonyl (C=O) groups is 1. The molecule has 0 aromatic heterocycles. The highest BCUT2D eigenvalue weighted by molar-refractivity contribution is 5.89. The maximum absolute atomic E-state index is 11.8. The number of carbonyl (C=O) groups excluding carboxylic acids is 1. The van der Waals surface area contributed by atoms with E-state index in [-0.39, 0.29) is 5.97 Å². The third-order valence-electron chi connectivity index (χ3n) is 2.49. The van der Waals surface area contributed by atoms with Crippen LogP contribution in [0, 0.1) is 0 Å². The minimum Gasteiger partial charge on any atom is -0.428 e. The van der Waals surface area contributed by atoms with Gasteiger partial charge in [-0.3, -0.25) is 0 Å². The number of hydrogen-bond donors (Lipinski definition) is 0. The standard InChI is InChI=1S/C16H14O2/c1-13(12-14-8-4-2-5-9-14)18-16(17)15-10-6-3-7-11-15/h2-11H,1,12H2. The first-order valence-corrected chi connectivity index (χ1v) is 5.74. The lowest BCUT2D eigenvalue weighted by molar-refractivity contribution is 0.0620. The van der Waals surface area contributed by atoms with Gasteiger partial charge in [-0.25, -0.2) is 4.79 Å². The minimum absolute atomic E-state index is 0.364. The van der Waals surface area contributed by atoms with E-state index in [2.05, 4.69) is 6.58 Å². The summed E-state index contributed by atoms with van der Waals surface area (Å²) in [5.74, 6) is 0.0894. The predicted molar refractivity (Wildman–Crippen MR) is 71.1 cm³/mol. The Morgan fingerprint density at radius 2 is 1.50 bits per heavy atom. The smallest absolute Gasteiger partial charge is 0.343 e. The van der Waals surface area contributed by atoms with E-state index < -0.39 is 0 Å². The SMILES string of the molecule is C=C(Cc1ccccc1)OC(=O)c1ccccc1. The largest absolute Gasteiger partial charge is 0.428 e. The molecule has 0 unspecified atom stereocenters. The van der Waals surface area contributed by atoms with Crippen LogP contribution in [0.2, 0.25) is 0 Å². The van der Waals surface area contributed by atoms with Gasteiger partial charge in [-0.05, 0) is 17.7 Å². The second-order valence-corrected chi connectivity index (χ2v) is 3.96. The van der Waals surface area contributed by atoms with Crippen LogP contribution in [0.1, 0.15) is 15.9 Å². The van der Waals surface area contributed by atoms with Gasteiger partial charge in [0.15, 0.2) is 0 Å². The minimum atomic E-state index is -0.364. The molecule has 0 saturated carbocycles. The summed E-state index contributed by atoms with van der Waals surface area (Å²) in [6, 6.07) is 18.7. The highest BCUT2D eigenvalue weighted by atomic mass is 16.5. The Hall–Kier alpha value is -2.35. The molecule has 0 spiro atoms. The first-order valence-electron chi connectivity index (χ1n) is 5.74. The van der Waals surface area contributed by atoms with Crippen molar-refractivity contribution in [3.8, 4) is 0 Å². The number of benzene rings is 2. The van der Waals surface area contributed by atoms with Crippen molar-refractivity contribution in [3.63, 3.8) is 0 Å². The summed E-state index contributed by atoms with van der Waals surface area (Å²) < 4.78 is 5.21. The van der Waals surface area contributed by atoms with Crippen LogP contribution >= 0.6 is 0 Å². The van der Waals surface area contributed by atoms with Crippen molar-refractivity contribution >= 4 is 5.97 Å². The molecule has 2 heteroatoms. The highest BCUT2D eigenvalue weighted by Crippen LogP contribution is 2.10. The number of hydrogen-bond acceptors (Lipinski definition) is 2. The number of esters is 1. The molecule has 18 heavy (non-hydrogen) atoms. The highest BCUT2D eigenvalue weighted by Gasteiger charge is 2.08. The lowest BCUT2D eigenvalue weighted by Gasteiger charge is -2.07. The van der Waals surface area contributed by atoms with Crippen LogP contribution in [0.3, 0.4) is 0 Å². The van der Waals surface area contributed by atoms with Crippen molar-refractivity contribution in [1.82, 2.24) is 0 Å². The van der Waals surface area contributed by atoms with Gasteiger partial charge in [0.2, 0.25) is 0 Å². The topological polar surface area (TPSA) is 26.3 Å². The Bertz CT molecular complexity index is 530. The third kappa shape index (κ3) is 3.32. The van der Waals surface area contributed by atoms with Gasteiger partial charge in [0, 0.05) is 6.42 Å². The molecule has 2 rings (SSSR count). The van der Waals surface area contributed by atoms with Crippen molar-refractivity contribution in [3.05, 3.63) is 84.1 Å². The number of allylic oxidation sites excluding steroid dienone is 1. The lowest BCUT2D eigenvalue weighted by atomic mass is 10.1. The normalized spacial score (nSPS) is 9.78. The maximum atomic E-state index is 11.8. The van der Waals surface area contributed by atoms with Crippen LogP contribution in [-0.2, 0) is 11.2 Å². The van der Waals surface area contributed by atoms with E-state index >= 15 is 0 Å². The van der Waals surface area contributed by atoms with Gasteiger partial charge in [0.1, 0.15) is 5.76 Å². The zero-order valence-corrected chi connectivity index (χ0v) is 10.0. The van der Waals surface area contributed by atoms with E-state index in [1.807, 2.05) is 36.4 Å². The quantitative estimate of drug-likeness (QED) is 0.601.